The average Bonchev–Trinajstić information content (AvgIpc) is 3.95. The van der Waals surface area contributed by atoms with Crippen molar-refractivity contribution >= 4 is 90.0 Å². The Balaban J connectivity index is 1.18. The highest BCUT2D eigenvalue weighted by Crippen LogP contribution is 2.46. The quantitative estimate of drug-likeness (QED) is 0.199. The average molecular weight is 850 g/mol. The summed E-state index contributed by atoms with van der Waals surface area (Å²) in [5, 5.41) is 10.5. The van der Waals surface area contributed by atoms with Gasteiger partial charge in [0.1, 0.15) is 29.5 Å². The van der Waals surface area contributed by atoms with Gasteiger partial charge in [0.05, 0.1) is 36.2 Å². The molecule has 1 unspecified atom stereocenters. The molecule has 1 saturated heterocycles. The first-order chi connectivity index (χ1) is 26.0. The molecule has 4 aliphatic rings. The van der Waals surface area contributed by atoms with Gasteiger partial charge in [-0.05, 0) is 54.3 Å². The number of nitrogens with one attached hydrogen (secondary N) is 3. The largest absolute Gasteiger partial charge is 0.494 e. The van der Waals surface area contributed by atoms with E-state index in [1.54, 1.807) is 18.2 Å². The van der Waals surface area contributed by atoms with Crippen LogP contribution in [0.4, 0.5) is 0 Å². The molecule has 2 aromatic heterocycles. The maximum atomic E-state index is 14.8. The number of ether oxygens (including phenoxy) is 2. The van der Waals surface area contributed by atoms with Gasteiger partial charge in [-0.2, -0.15) is 0 Å². The standard InChI is InChI=1S/C37H42Cl2N6O7S3/c1-6-19-15-37(19,34(48)44-55(49,50)22-8-9-22)43-31(46)27-14-21(52-32-24-13-20(38)7-10-23(24)28(51-5)16-40-32)17-45(27)33(47)30(36(2,3)4)42-35-41-26(18-54-35)29-25(39)11-12-53-29/h6-7,10-13,16,19,21-22,26-27,30H,1,8-9,14-15,17-18H2,2-5H3,(H,41,42)(H,43,46)(H,44,48)/t19-,21-,26?,27+,30-,37-/m1/s1. The lowest BCUT2D eigenvalue weighted by Crippen LogP contribution is -2.60. The third-order valence-corrected chi connectivity index (χ3v) is 14.8. The maximum absolute atomic E-state index is 14.8. The maximum Gasteiger partial charge on any atom is 0.259 e. The minimum atomic E-state index is -3.89. The summed E-state index contributed by atoms with van der Waals surface area (Å²) in [7, 11) is -2.36. The number of amidine groups is 1. The summed E-state index contributed by atoms with van der Waals surface area (Å²) in [6.07, 6.45) is 3.49. The Bertz CT molecular complexity index is 2190. The fraction of sp³-hybridized carbons (Fsp3) is 0.486. The number of thiophene rings is 1. The molecule has 3 amide bonds. The number of carbonyl (C=O) groups is 3. The van der Waals surface area contributed by atoms with E-state index in [2.05, 4.69) is 26.9 Å². The third kappa shape index (κ3) is 8.02. The van der Waals surface area contributed by atoms with Gasteiger partial charge in [0.15, 0.2) is 5.17 Å². The molecule has 2 aliphatic heterocycles. The van der Waals surface area contributed by atoms with Crippen molar-refractivity contribution < 1.29 is 32.3 Å². The van der Waals surface area contributed by atoms with Crippen LogP contribution >= 0.6 is 46.3 Å². The SMILES string of the molecule is C=C[C@@H]1C[C@]1(NC(=O)[C@@H]1C[C@@H](Oc2ncc(OC)c3ccc(Cl)cc23)CN1C(=O)[C@@H](NC1=NC(c2sccc2Cl)CS1)C(C)(C)C)C(=O)NS(=O)(=O)C1CC1. The van der Waals surface area contributed by atoms with E-state index in [9.17, 15) is 22.8 Å². The van der Waals surface area contributed by atoms with Gasteiger partial charge in [-0.1, -0.05) is 61.8 Å². The van der Waals surface area contributed by atoms with Crippen LogP contribution in [0.1, 0.15) is 57.4 Å². The Labute approximate surface area is 338 Å². The van der Waals surface area contributed by atoms with Gasteiger partial charge in [0, 0.05) is 38.8 Å². The van der Waals surface area contributed by atoms with Gasteiger partial charge in [-0.3, -0.25) is 24.1 Å². The number of halogens is 2. The number of nitrogens with zero attached hydrogens (tertiary/aromatic N) is 3. The molecule has 294 valence electrons. The minimum Gasteiger partial charge on any atom is -0.494 e. The van der Waals surface area contributed by atoms with Crippen LogP contribution in [0, 0.1) is 11.3 Å². The Morgan fingerprint density at radius 2 is 1.93 bits per heavy atom. The van der Waals surface area contributed by atoms with Crippen LogP contribution < -0.4 is 24.8 Å². The molecule has 6 atom stereocenters. The van der Waals surface area contributed by atoms with Crippen LogP contribution in [-0.4, -0.2) is 89.6 Å². The lowest BCUT2D eigenvalue weighted by molar-refractivity contribution is -0.142. The van der Waals surface area contributed by atoms with Crippen molar-refractivity contribution in [1.82, 2.24) is 25.2 Å². The van der Waals surface area contributed by atoms with Crippen LogP contribution in [0.5, 0.6) is 11.6 Å². The van der Waals surface area contributed by atoms with Gasteiger partial charge in [0.25, 0.3) is 5.91 Å². The number of hydrogen-bond donors (Lipinski definition) is 3. The van der Waals surface area contributed by atoms with E-state index in [-0.39, 0.29) is 37.2 Å². The molecule has 3 fully saturated rings. The van der Waals surface area contributed by atoms with Crippen molar-refractivity contribution in [2.75, 3.05) is 19.4 Å². The number of rotatable bonds is 12. The third-order valence-electron chi connectivity index (χ3n) is 10.4. The first kappa shape index (κ1) is 39.7. The van der Waals surface area contributed by atoms with E-state index in [4.69, 9.17) is 37.7 Å². The Morgan fingerprint density at radius 1 is 1.16 bits per heavy atom. The van der Waals surface area contributed by atoms with Crippen LogP contribution in [0.3, 0.4) is 0 Å². The van der Waals surface area contributed by atoms with E-state index >= 15 is 0 Å². The number of carbonyl (C=O) groups excluding carboxylic acids is 3. The molecule has 0 bridgehead atoms. The lowest BCUT2D eigenvalue weighted by atomic mass is 9.85. The van der Waals surface area contributed by atoms with Crippen LogP contribution in [-0.2, 0) is 24.4 Å². The number of aliphatic imine (C=N–C) groups is 1. The summed E-state index contributed by atoms with van der Waals surface area (Å²) < 4.78 is 39.7. The molecule has 3 N–H and O–H groups in total. The lowest BCUT2D eigenvalue weighted by Gasteiger charge is -2.36. The highest BCUT2D eigenvalue weighted by Gasteiger charge is 2.62. The van der Waals surface area contributed by atoms with Crippen molar-refractivity contribution in [2.24, 2.45) is 16.3 Å². The van der Waals surface area contributed by atoms with Gasteiger partial charge < -0.3 is 25.0 Å². The highest BCUT2D eigenvalue weighted by molar-refractivity contribution is 8.14. The molecule has 2 saturated carbocycles. The molecule has 18 heteroatoms. The topological polar surface area (TPSA) is 168 Å². The molecule has 0 radical (unpaired) electrons. The van der Waals surface area contributed by atoms with Gasteiger partial charge >= 0.3 is 0 Å². The molecule has 2 aliphatic carbocycles. The number of sulfonamides is 1. The normalized spacial score (nSPS) is 25.6. The van der Waals surface area contributed by atoms with Gasteiger partial charge in [0.2, 0.25) is 27.7 Å². The van der Waals surface area contributed by atoms with Crippen molar-refractivity contribution in [2.45, 2.75) is 81.5 Å². The zero-order valence-electron chi connectivity index (χ0n) is 30.6. The van der Waals surface area contributed by atoms with Crippen LogP contribution in [0.25, 0.3) is 10.8 Å². The zero-order valence-corrected chi connectivity index (χ0v) is 34.6. The molecular formula is C37H42Cl2N6O7S3. The number of pyridine rings is 1. The Hall–Kier alpha value is -3.57. The van der Waals surface area contributed by atoms with Crippen molar-refractivity contribution in [3.05, 3.63) is 63.4 Å². The highest BCUT2D eigenvalue weighted by atomic mass is 35.5. The number of thioether (sulfide) groups is 1. The van der Waals surface area contributed by atoms with Crippen LogP contribution in [0.15, 0.2) is 53.5 Å². The second kappa shape index (κ2) is 15.1. The summed E-state index contributed by atoms with van der Waals surface area (Å²) in [6.45, 7) is 9.57. The predicted octanol–water partition coefficient (Wildman–Crippen LogP) is 5.48. The number of methoxy groups -OCH3 is 1. The van der Waals surface area contributed by atoms with E-state index < -0.39 is 62.1 Å². The zero-order chi connectivity index (χ0) is 39.4. The minimum absolute atomic E-state index is 0.00807. The molecule has 0 spiro atoms. The second-order valence-corrected chi connectivity index (χ2v) is 20.1. The molecular weight excluding hydrogens is 808 g/mol. The smallest absolute Gasteiger partial charge is 0.259 e. The van der Waals surface area contributed by atoms with E-state index in [0.29, 0.717) is 50.3 Å². The summed E-state index contributed by atoms with van der Waals surface area (Å²) in [4.78, 5) is 54.6. The number of amides is 3. The molecule has 7 rings (SSSR count). The number of likely N-dealkylation sites (tertiary alicyclic amines) is 1. The fourth-order valence-electron chi connectivity index (χ4n) is 7.04. The monoisotopic (exact) mass is 848 g/mol. The molecule has 4 heterocycles. The number of aromatic nitrogens is 1. The predicted molar refractivity (Wildman–Crippen MR) is 215 cm³/mol. The van der Waals surface area contributed by atoms with Gasteiger partial charge in [-0.25, -0.2) is 13.4 Å². The van der Waals surface area contributed by atoms with Crippen LogP contribution in [0.2, 0.25) is 10.0 Å². The van der Waals surface area contributed by atoms with E-state index in [1.807, 2.05) is 32.2 Å². The first-order valence-electron chi connectivity index (χ1n) is 17.8. The number of fused-ring (bicyclic) bond motifs is 1. The summed E-state index contributed by atoms with van der Waals surface area (Å²) >= 11 is 15.8. The summed E-state index contributed by atoms with van der Waals surface area (Å²) in [5.41, 5.74) is -2.18. The van der Waals surface area contributed by atoms with Gasteiger partial charge in [-0.15, -0.1) is 17.9 Å². The van der Waals surface area contributed by atoms with Crippen molar-refractivity contribution in [1.29, 1.82) is 0 Å². The number of benzene rings is 1. The van der Waals surface area contributed by atoms with E-state index in [1.165, 1.54) is 47.4 Å². The van der Waals surface area contributed by atoms with Crippen molar-refractivity contribution in [3.8, 4) is 11.6 Å². The molecule has 55 heavy (non-hydrogen) atoms. The first-order valence-corrected chi connectivity index (χ1v) is 22.0. The summed E-state index contributed by atoms with van der Waals surface area (Å²) in [5.74, 6) is -0.911. The summed E-state index contributed by atoms with van der Waals surface area (Å²) in [6, 6.07) is 4.99. The second-order valence-electron chi connectivity index (χ2n) is 15.3. The Morgan fingerprint density at radius 3 is 2.56 bits per heavy atom. The fourth-order valence-corrected chi connectivity index (χ4v) is 10.9. The van der Waals surface area contributed by atoms with E-state index in [0.717, 1.165) is 4.88 Å². The Kier molecular flexibility index (Phi) is 10.9. The molecule has 13 nitrogen and oxygen atoms in total. The van der Waals surface area contributed by atoms with Crippen molar-refractivity contribution in [3.63, 3.8) is 0 Å². The molecule has 3 aromatic rings. The molecule has 1 aromatic carbocycles. The number of hydrogen-bond acceptors (Lipinski definition) is 12.